The molecule has 0 radical (unpaired) electrons. The maximum Gasteiger partial charge on any atom is 0.408 e. The van der Waals surface area contributed by atoms with Gasteiger partial charge in [0.1, 0.15) is 5.60 Å². The van der Waals surface area contributed by atoms with E-state index in [-0.39, 0.29) is 17.6 Å². The molecule has 18 heavy (non-hydrogen) atoms. The molecule has 0 aromatic rings. The summed E-state index contributed by atoms with van der Waals surface area (Å²) in [7, 11) is 0. The standard InChI is InChI=1S/C11H20N2O4S/c1-8(14)18-6-5-12-9(15)7-13-10(16)17-11(2,3)4/h5-7H2,1-4H3,(H,12,15)(H,13,16). The second kappa shape index (κ2) is 7.97. The lowest BCUT2D eigenvalue weighted by Gasteiger charge is -2.19. The monoisotopic (exact) mass is 276 g/mol. The van der Waals surface area contributed by atoms with E-state index in [1.165, 1.54) is 6.92 Å². The van der Waals surface area contributed by atoms with Crippen LogP contribution in [0.25, 0.3) is 0 Å². The number of rotatable bonds is 5. The quantitative estimate of drug-likeness (QED) is 0.729. The Balaban J connectivity index is 3.64. The normalized spacial score (nSPS) is 10.7. The molecule has 2 N–H and O–H groups in total. The van der Waals surface area contributed by atoms with Crippen LogP contribution in [0.15, 0.2) is 0 Å². The number of carbonyl (C=O) groups is 3. The third kappa shape index (κ3) is 11.3. The zero-order valence-electron chi connectivity index (χ0n) is 11.2. The highest BCUT2D eigenvalue weighted by Crippen LogP contribution is 2.06. The molecule has 6 nitrogen and oxygen atoms in total. The molecule has 0 atom stereocenters. The Morgan fingerprint density at radius 2 is 1.78 bits per heavy atom. The van der Waals surface area contributed by atoms with E-state index >= 15 is 0 Å². The Morgan fingerprint density at radius 1 is 1.17 bits per heavy atom. The van der Waals surface area contributed by atoms with Gasteiger partial charge in [0.25, 0.3) is 0 Å². The van der Waals surface area contributed by atoms with Crippen molar-refractivity contribution in [3.05, 3.63) is 0 Å². The first-order valence-corrected chi connectivity index (χ1v) is 6.56. The van der Waals surface area contributed by atoms with Crippen molar-refractivity contribution in [3.63, 3.8) is 0 Å². The third-order valence-electron chi connectivity index (χ3n) is 1.52. The summed E-state index contributed by atoms with van der Waals surface area (Å²) in [5.41, 5.74) is -0.585. The van der Waals surface area contributed by atoms with Crippen LogP contribution in [0.4, 0.5) is 4.79 Å². The number of nitrogens with one attached hydrogen (secondary N) is 2. The molecule has 2 amide bonds. The van der Waals surface area contributed by atoms with Gasteiger partial charge in [0.15, 0.2) is 5.12 Å². The van der Waals surface area contributed by atoms with Crippen LogP contribution in [0.1, 0.15) is 27.7 Å². The maximum absolute atomic E-state index is 11.3. The van der Waals surface area contributed by atoms with Crippen LogP contribution in [0, 0.1) is 0 Å². The Kier molecular flexibility index (Phi) is 7.42. The van der Waals surface area contributed by atoms with Gasteiger partial charge in [0, 0.05) is 19.2 Å². The Morgan fingerprint density at radius 3 is 2.28 bits per heavy atom. The minimum atomic E-state index is -0.629. The van der Waals surface area contributed by atoms with Crippen molar-refractivity contribution < 1.29 is 19.1 Å². The number of amides is 2. The predicted octanol–water partition coefficient (Wildman–Crippen LogP) is 0.907. The van der Waals surface area contributed by atoms with Crippen LogP contribution in [0.5, 0.6) is 0 Å². The average Bonchev–Trinajstić information content (AvgIpc) is 2.19. The third-order valence-corrected chi connectivity index (χ3v) is 2.34. The van der Waals surface area contributed by atoms with Crippen LogP contribution in [0.3, 0.4) is 0 Å². The van der Waals surface area contributed by atoms with Crippen molar-refractivity contribution in [2.45, 2.75) is 33.3 Å². The van der Waals surface area contributed by atoms with Crippen LogP contribution in [-0.4, -0.2) is 41.6 Å². The number of alkyl carbamates (subject to hydrolysis) is 1. The summed E-state index contributed by atoms with van der Waals surface area (Å²) in [5, 5.41) is 4.93. The largest absolute Gasteiger partial charge is 0.444 e. The summed E-state index contributed by atoms with van der Waals surface area (Å²) in [6.45, 7) is 6.94. The fraction of sp³-hybridized carbons (Fsp3) is 0.727. The lowest BCUT2D eigenvalue weighted by atomic mass is 10.2. The predicted molar refractivity (Wildman–Crippen MR) is 70.4 cm³/mol. The van der Waals surface area contributed by atoms with Crippen LogP contribution in [0.2, 0.25) is 0 Å². The maximum atomic E-state index is 11.3. The molecule has 0 aromatic heterocycles. The van der Waals surface area contributed by atoms with Crippen LogP contribution in [-0.2, 0) is 14.3 Å². The fourth-order valence-corrected chi connectivity index (χ4v) is 1.41. The van der Waals surface area contributed by atoms with E-state index in [4.69, 9.17) is 4.74 Å². The number of hydrogen-bond donors (Lipinski definition) is 2. The van der Waals surface area contributed by atoms with E-state index in [1.807, 2.05) is 0 Å². The molecule has 0 aliphatic carbocycles. The van der Waals surface area contributed by atoms with Gasteiger partial charge in [-0.1, -0.05) is 11.8 Å². The van der Waals surface area contributed by atoms with Gasteiger partial charge in [0.2, 0.25) is 5.91 Å². The van der Waals surface area contributed by atoms with Gasteiger partial charge >= 0.3 is 6.09 Å². The summed E-state index contributed by atoms with van der Waals surface area (Å²) in [5.74, 6) is 0.207. The summed E-state index contributed by atoms with van der Waals surface area (Å²) in [6.07, 6.45) is -0.629. The van der Waals surface area contributed by atoms with Crippen molar-refractivity contribution in [2.75, 3.05) is 18.8 Å². The number of hydrogen-bond acceptors (Lipinski definition) is 5. The van der Waals surface area contributed by atoms with E-state index in [2.05, 4.69) is 10.6 Å². The highest BCUT2D eigenvalue weighted by atomic mass is 32.2. The van der Waals surface area contributed by atoms with Gasteiger partial charge in [0.05, 0.1) is 6.54 Å². The average molecular weight is 276 g/mol. The minimum absolute atomic E-state index is 0.0103. The smallest absolute Gasteiger partial charge is 0.408 e. The van der Waals surface area contributed by atoms with Gasteiger partial charge in [-0.05, 0) is 20.8 Å². The Hall–Kier alpha value is -1.24. The molecular formula is C11H20N2O4S. The van der Waals surface area contributed by atoms with Gasteiger partial charge in [-0.3, -0.25) is 9.59 Å². The molecule has 0 aliphatic rings. The van der Waals surface area contributed by atoms with E-state index < -0.39 is 11.7 Å². The van der Waals surface area contributed by atoms with Crippen molar-refractivity contribution in [1.29, 1.82) is 0 Å². The van der Waals surface area contributed by atoms with E-state index in [9.17, 15) is 14.4 Å². The molecule has 0 aliphatic heterocycles. The van der Waals surface area contributed by atoms with Crippen molar-refractivity contribution in [2.24, 2.45) is 0 Å². The van der Waals surface area contributed by atoms with E-state index in [1.54, 1.807) is 20.8 Å². The minimum Gasteiger partial charge on any atom is -0.444 e. The van der Waals surface area contributed by atoms with Crippen molar-refractivity contribution >= 4 is 28.9 Å². The Labute approximate surface area is 111 Å². The van der Waals surface area contributed by atoms with Gasteiger partial charge in [-0.2, -0.15) is 0 Å². The number of carbonyl (C=O) groups excluding carboxylic acids is 3. The summed E-state index contributed by atoms with van der Waals surface area (Å²) < 4.78 is 4.97. The highest BCUT2D eigenvalue weighted by Gasteiger charge is 2.16. The lowest BCUT2D eigenvalue weighted by molar-refractivity contribution is -0.120. The highest BCUT2D eigenvalue weighted by molar-refractivity contribution is 8.13. The van der Waals surface area contributed by atoms with E-state index in [0.717, 1.165) is 11.8 Å². The molecule has 0 fully saturated rings. The molecule has 0 bridgehead atoms. The topological polar surface area (TPSA) is 84.5 Å². The van der Waals surface area contributed by atoms with Crippen LogP contribution < -0.4 is 10.6 Å². The summed E-state index contributed by atoms with van der Waals surface area (Å²) >= 11 is 1.14. The lowest BCUT2D eigenvalue weighted by Crippen LogP contribution is -2.40. The number of thioether (sulfide) groups is 1. The van der Waals surface area contributed by atoms with Crippen molar-refractivity contribution in [3.8, 4) is 0 Å². The molecule has 0 unspecified atom stereocenters. The van der Waals surface area contributed by atoms with Gasteiger partial charge in [-0.25, -0.2) is 4.79 Å². The molecule has 0 saturated carbocycles. The molecule has 0 rings (SSSR count). The van der Waals surface area contributed by atoms with E-state index in [0.29, 0.717) is 12.3 Å². The first-order chi connectivity index (χ1) is 8.20. The number of ether oxygens (including phenoxy) is 1. The second-order valence-corrected chi connectivity index (χ2v) is 5.82. The Bertz CT molecular complexity index is 313. The van der Waals surface area contributed by atoms with Gasteiger partial charge < -0.3 is 15.4 Å². The molecular weight excluding hydrogens is 256 g/mol. The zero-order valence-corrected chi connectivity index (χ0v) is 12.0. The molecule has 0 aromatic carbocycles. The molecule has 0 saturated heterocycles. The molecule has 0 heterocycles. The zero-order chi connectivity index (χ0) is 14.2. The van der Waals surface area contributed by atoms with Gasteiger partial charge in [-0.15, -0.1) is 0 Å². The second-order valence-electron chi connectivity index (χ2n) is 4.55. The molecule has 7 heteroatoms. The first kappa shape index (κ1) is 16.8. The summed E-state index contributed by atoms with van der Waals surface area (Å²) in [4.78, 5) is 33.1. The molecule has 0 spiro atoms. The first-order valence-electron chi connectivity index (χ1n) is 5.57. The SMILES string of the molecule is CC(=O)SCCNC(=O)CNC(=O)OC(C)(C)C. The van der Waals surface area contributed by atoms with Crippen LogP contribution >= 0.6 is 11.8 Å². The van der Waals surface area contributed by atoms with Crippen molar-refractivity contribution in [1.82, 2.24) is 10.6 Å². The fourth-order valence-electron chi connectivity index (χ4n) is 0.914. The molecule has 104 valence electrons. The summed E-state index contributed by atoms with van der Waals surface area (Å²) in [6, 6.07) is 0.